The van der Waals surface area contributed by atoms with Gasteiger partial charge in [0, 0.05) is 6.61 Å². The Morgan fingerprint density at radius 1 is 0.519 bits per heavy atom. The van der Waals surface area contributed by atoms with Crippen LogP contribution < -0.4 is 0 Å². The maximum absolute atomic E-state index is 6.52. The molecule has 162 valence electrons. The highest BCUT2D eigenvalue weighted by atomic mass is 28.4. The number of rotatable bonds is 19. The van der Waals surface area contributed by atoms with Crippen LogP contribution >= 0.6 is 0 Å². The molecule has 0 amide bonds. The minimum atomic E-state index is -1.35. The lowest BCUT2D eigenvalue weighted by Gasteiger charge is -2.35. The van der Waals surface area contributed by atoms with Crippen LogP contribution in [-0.4, -0.2) is 14.9 Å². The summed E-state index contributed by atoms with van der Waals surface area (Å²) >= 11 is 0. The lowest BCUT2D eigenvalue weighted by molar-refractivity contribution is 0.263. The van der Waals surface area contributed by atoms with Crippen LogP contribution in [0.25, 0.3) is 0 Å². The SMILES string of the molecule is CCCCCCCCCCCCC[Si]1(CCCCCCCC)CCCCO1. The summed E-state index contributed by atoms with van der Waals surface area (Å²) in [6.07, 6.45) is 27.4. The Morgan fingerprint density at radius 2 is 0.926 bits per heavy atom. The van der Waals surface area contributed by atoms with Crippen LogP contribution in [0.5, 0.6) is 0 Å². The van der Waals surface area contributed by atoms with Crippen molar-refractivity contribution in [1.29, 1.82) is 0 Å². The van der Waals surface area contributed by atoms with E-state index in [-0.39, 0.29) is 0 Å². The molecular weight excluding hydrogens is 344 g/mol. The van der Waals surface area contributed by atoms with E-state index in [1.807, 2.05) is 0 Å². The van der Waals surface area contributed by atoms with E-state index in [9.17, 15) is 0 Å². The highest BCUT2D eigenvalue weighted by molar-refractivity contribution is 6.73. The average molecular weight is 397 g/mol. The summed E-state index contributed by atoms with van der Waals surface area (Å²) in [6, 6.07) is 4.41. The summed E-state index contributed by atoms with van der Waals surface area (Å²) in [5.74, 6) is 0. The fraction of sp³-hybridized carbons (Fsp3) is 1.00. The van der Waals surface area contributed by atoms with Gasteiger partial charge in [0.2, 0.25) is 0 Å². The van der Waals surface area contributed by atoms with Gasteiger partial charge < -0.3 is 4.43 Å². The van der Waals surface area contributed by atoms with Crippen molar-refractivity contribution in [2.75, 3.05) is 6.61 Å². The third kappa shape index (κ3) is 13.9. The minimum Gasteiger partial charge on any atom is -0.417 e. The van der Waals surface area contributed by atoms with Gasteiger partial charge in [-0.25, -0.2) is 0 Å². The largest absolute Gasteiger partial charge is 0.417 e. The van der Waals surface area contributed by atoms with E-state index in [1.165, 1.54) is 140 Å². The first-order valence-corrected chi connectivity index (χ1v) is 15.5. The fourth-order valence-corrected chi connectivity index (χ4v) is 9.21. The fourth-order valence-electron chi connectivity index (χ4n) is 4.77. The molecule has 27 heavy (non-hydrogen) atoms. The van der Waals surface area contributed by atoms with Crippen LogP contribution in [-0.2, 0) is 4.43 Å². The van der Waals surface area contributed by atoms with E-state index in [4.69, 9.17) is 4.43 Å². The van der Waals surface area contributed by atoms with Gasteiger partial charge in [0.05, 0.1) is 0 Å². The van der Waals surface area contributed by atoms with Crippen molar-refractivity contribution in [3.8, 4) is 0 Å². The molecule has 1 saturated heterocycles. The lowest BCUT2D eigenvalue weighted by Crippen LogP contribution is -2.41. The van der Waals surface area contributed by atoms with Gasteiger partial charge in [-0.15, -0.1) is 0 Å². The van der Waals surface area contributed by atoms with E-state index in [2.05, 4.69) is 13.8 Å². The second-order valence-corrected chi connectivity index (χ2v) is 13.4. The van der Waals surface area contributed by atoms with Gasteiger partial charge >= 0.3 is 0 Å². The summed E-state index contributed by atoms with van der Waals surface area (Å²) in [6.45, 7) is 5.70. The number of unbranched alkanes of at least 4 members (excludes halogenated alkanes) is 15. The van der Waals surface area contributed by atoms with E-state index in [0.717, 1.165) is 6.61 Å². The van der Waals surface area contributed by atoms with Crippen LogP contribution in [0.2, 0.25) is 18.1 Å². The topological polar surface area (TPSA) is 9.23 Å². The highest BCUT2D eigenvalue weighted by Crippen LogP contribution is 2.33. The van der Waals surface area contributed by atoms with Gasteiger partial charge in [0.25, 0.3) is 0 Å². The summed E-state index contributed by atoms with van der Waals surface area (Å²) in [5.41, 5.74) is 0. The van der Waals surface area contributed by atoms with Crippen LogP contribution in [0.3, 0.4) is 0 Å². The zero-order valence-corrected chi connectivity index (χ0v) is 20.2. The van der Waals surface area contributed by atoms with Gasteiger partial charge in [0.1, 0.15) is 0 Å². The average Bonchev–Trinajstić information content (AvgIpc) is 2.69. The molecular formula is C25H52OSi. The predicted octanol–water partition coefficient (Wildman–Crippen LogP) is 9.41. The molecule has 1 atom stereocenters. The van der Waals surface area contributed by atoms with Crippen LogP contribution in [0.1, 0.15) is 136 Å². The van der Waals surface area contributed by atoms with Crippen molar-refractivity contribution in [3.05, 3.63) is 0 Å². The highest BCUT2D eigenvalue weighted by Gasteiger charge is 2.35. The molecule has 0 saturated carbocycles. The Hall–Kier alpha value is 0.177. The summed E-state index contributed by atoms with van der Waals surface area (Å²) in [5, 5.41) is 0. The van der Waals surface area contributed by atoms with Gasteiger partial charge in [-0.05, 0) is 24.6 Å². The third-order valence-electron chi connectivity index (χ3n) is 6.66. The zero-order chi connectivity index (χ0) is 19.5. The first-order chi connectivity index (χ1) is 13.3. The molecule has 2 heteroatoms. The summed E-state index contributed by atoms with van der Waals surface area (Å²) in [4.78, 5) is 0. The Kier molecular flexibility index (Phi) is 17.0. The smallest absolute Gasteiger partial charge is 0.192 e. The normalized spacial score (nSPS) is 20.2. The first kappa shape index (κ1) is 25.2. The van der Waals surface area contributed by atoms with Crippen molar-refractivity contribution in [2.24, 2.45) is 0 Å². The Labute approximate surface area is 173 Å². The molecule has 0 bridgehead atoms. The summed E-state index contributed by atoms with van der Waals surface area (Å²) in [7, 11) is -1.35. The van der Waals surface area contributed by atoms with E-state index >= 15 is 0 Å². The predicted molar refractivity (Wildman–Crippen MR) is 125 cm³/mol. The molecule has 0 radical (unpaired) electrons. The molecule has 0 aliphatic carbocycles. The van der Waals surface area contributed by atoms with Crippen LogP contribution in [0.4, 0.5) is 0 Å². The molecule has 1 nitrogen and oxygen atoms in total. The van der Waals surface area contributed by atoms with Gasteiger partial charge in [-0.3, -0.25) is 0 Å². The number of hydrogen-bond donors (Lipinski definition) is 0. The van der Waals surface area contributed by atoms with Crippen molar-refractivity contribution < 1.29 is 4.43 Å². The third-order valence-corrected chi connectivity index (χ3v) is 11.3. The quantitative estimate of drug-likeness (QED) is 0.156. The molecule has 0 aromatic rings. The molecule has 1 aliphatic rings. The van der Waals surface area contributed by atoms with Gasteiger partial charge in [0.15, 0.2) is 8.32 Å². The lowest BCUT2D eigenvalue weighted by atomic mass is 10.1. The molecule has 1 fully saturated rings. The van der Waals surface area contributed by atoms with Crippen molar-refractivity contribution in [1.82, 2.24) is 0 Å². The Morgan fingerprint density at radius 3 is 1.30 bits per heavy atom. The van der Waals surface area contributed by atoms with Crippen LogP contribution in [0.15, 0.2) is 0 Å². The maximum Gasteiger partial charge on any atom is 0.192 e. The Bertz CT molecular complexity index is 299. The van der Waals surface area contributed by atoms with E-state index in [0.29, 0.717) is 0 Å². The molecule has 1 unspecified atom stereocenters. The molecule has 1 heterocycles. The van der Waals surface area contributed by atoms with Gasteiger partial charge in [-0.1, -0.05) is 129 Å². The molecule has 0 spiro atoms. The van der Waals surface area contributed by atoms with Crippen LogP contribution in [0, 0.1) is 0 Å². The molecule has 0 aromatic carbocycles. The molecule has 1 rings (SSSR count). The molecule has 0 N–H and O–H groups in total. The maximum atomic E-state index is 6.52. The number of hydrogen-bond acceptors (Lipinski definition) is 1. The minimum absolute atomic E-state index is 1.08. The molecule has 1 aliphatic heterocycles. The standard InChI is InChI=1S/C25H52OSi/c1-3-5-7-9-11-12-13-14-15-17-20-24-27(25-21-18-22-26-27)23-19-16-10-8-6-4-2/h3-25H2,1-2H3. The molecule has 0 aromatic heterocycles. The zero-order valence-electron chi connectivity index (χ0n) is 19.2. The van der Waals surface area contributed by atoms with E-state index in [1.54, 1.807) is 0 Å². The first-order valence-electron chi connectivity index (χ1n) is 13.0. The van der Waals surface area contributed by atoms with Crippen molar-refractivity contribution in [3.63, 3.8) is 0 Å². The van der Waals surface area contributed by atoms with E-state index < -0.39 is 8.32 Å². The second kappa shape index (κ2) is 18.2. The second-order valence-electron chi connectivity index (χ2n) is 9.29. The summed E-state index contributed by atoms with van der Waals surface area (Å²) < 4.78 is 6.52. The van der Waals surface area contributed by atoms with Crippen molar-refractivity contribution in [2.45, 2.75) is 154 Å². The monoisotopic (exact) mass is 396 g/mol. The van der Waals surface area contributed by atoms with Gasteiger partial charge in [-0.2, -0.15) is 0 Å². The Balaban J connectivity index is 2.03. The van der Waals surface area contributed by atoms with Crippen molar-refractivity contribution >= 4 is 8.32 Å².